The van der Waals surface area contributed by atoms with Crippen LogP contribution < -0.4 is 11.1 Å². The van der Waals surface area contributed by atoms with Crippen LogP contribution in [0.3, 0.4) is 0 Å². The molecule has 0 aliphatic rings. The normalized spacial score (nSPS) is 11.6. The maximum absolute atomic E-state index is 11.4. The van der Waals surface area contributed by atoms with E-state index >= 15 is 0 Å². The highest BCUT2D eigenvalue weighted by Crippen LogP contribution is 1.94. The summed E-state index contributed by atoms with van der Waals surface area (Å²) in [6.07, 6.45) is 8.54. The molecule has 3 N–H and O–H groups in total. The van der Waals surface area contributed by atoms with Gasteiger partial charge in [0.2, 0.25) is 5.91 Å². The quantitative estimate of drug-likeness (QED) is 0.683. The van der Waals surface area contributed by atoms with E-state index in [1.54, 1.807) is 12.4 Å². The molecule has 0 fully saturated rings. The van der Waals surface area contributed by atoms with Crippen LogP contribution in [-0.2, 0) is 11.3 Å². The second kappa shape index (κ2) is 5.83. The van der Waals surface area contributed by atoms with Gasteiger partial charge in [-0.15, -0.1) is 12.3 Å². The molecular formula is C11H14N4O. The minimum atomic E-state index is -0.664. The van der Waals surface area contributed by atoms with Crippen molar-refractivity contribution in [3.8, 4) is 12.3 Å². The van der Waals surface area contributed by atoms with Gasteiger partial charge in [0.15, 0.2) is 0 Å². The van der Waals surface area contributed by atoms with Crippen LogP contribution in [0.1, 0.15) is 17.8 Å². The Bertz CT molecular complexity index is 393. The molecule has 0 radical (unpaired) electrons. The molecule has 5 nitrogen and oxygen atoms in total. The number of nitrogens with two attached hydrogens (primary N) is 1. The molecule has 1 heterocycles. The molecule has 0 saturated heterocycles. The lowest BCUT2D eigenvalue weighted by Crippen LogP contribution is -2.40. The molecule has 1 aromatic rings. The second-order valence-electron chi connectivity index (χ2n) is 3.38. The van der Waals surface area contributed by atoms with Crippen molar-refractivity contribution in [2.45, 2.75) is 25.9 Å². The zero-order valence-corrected chi connectivity index (χ0v) is 9.10. The summed E-state index contributed by atoms with van der Waals surface area (Å²) in [7, 11) is 0. The molecule has 0 bridgehead atoms. The monoisotopic (exact) mass is 218 g/mol. The molecule has 16 heavy (non-hydrogen) atoms. The van der Waals surface area contributed by atoms with Crippen molar-refractivity contribution in [1.29, 1.82) is 0 Å². The maximum Gasteiger partial charge on any atom is 0.238 e. The number of amides is 1. The Morgan fingerprint density at radius 2 is 2.38 bits per heavy atom. The molecule has 0 aromatic carbocycles. The fourth-order valence-corrected chi connectivity index (χ4v) is 1.04. The van der Waals surface area contributed by atoms with Gasteiger partial charge in [0, 0.05) is 12.6 Å². The Hall–Kier alpha value is -1.93. The average Bonchev–Trinajstić information content (AvgIpc) is 2.28. The summed E-state index contributed by atoms with van der Waals surface area (Å²) >= 11 is 0. The van der Waals surface area contributed by atoms with Crippen molar-refractivity contribution >= 4 is 5.91 Å². The lowest BCUT2D eigenvalue weighted by Gasteiger charge is -2.08. The number of aryl methyl sites for hydroxylation is 1. The van der Waals surface area contributed by atoms with Gasteiger partial charge in [-0.2, -0.15) is 0 Å². The fourth-order valence-electron chi connectivity index (χ4n) is 1.04. The molecule has 1 aromatic heterocycles. The molecule has 0 aliphatic carbocycles. The van der Waals surface area contributed by atoms with Crippen molar-refractivity contribution in [2.75, 3.05) is 0 Å². The Kier molecular flexibility index (Phi) is 4.42. The minimum absolute atomic E-state index is 0.228. The summed E-state index contributed by atoms with van der Waals surface area (Å²) < 4.78 is 0. The third-order valence-corrected chi connectivity index (χ3v) is 1.95. The van der Waals surface area contributed by atoms with Gasteiger partial charge in [-0.3, -0.25) is 14.8 Å². The second-order valence-corrected chi connectivity index (χ2v) is 3.38. The van der Waals surface area contributed by atoms with Gasteiger partial charge in [-0.25, -0.2) is 0 Å². The first-order chi connectivity index (χ1) is 7.63. The van der Waals surface area contributed by atoms with Crippen LogP contribution in [0.2, 0.25) is 0 Å². The molecule has 0 aliphatic heterocycles. The smallest absolute Gasteiger partial charge is 0.238 e. The van der Waals surface area contributed by atoms with Crippen LogP contribution >= 0.6 is 0 Å². The number of carbonyl (C=O) groups is 1. The molecule has 1 unspecified atom stereocenters. The highest BCUT2D eigenvalue weighted by molar-refractivity contribution is 5.81. The van der Waals surface area contributed by atoms with Crippen molar-refractivity contribution in [3.05, 3.63) is 23.8 Å². The van der Waals surface area contributed by atoms with Crippen LogP contribution in [0, 0.1) is 19.3 Å². The van der Waals surface area contributed by atoms with Crippen LogP contribution in [-0.4, -0.2) is 21.9 Å². The van der Waals surface area contributed by atoms with Crippen LogP contribution in [0.5, 0.6) is 0 Å². The predicted molar refractivity (Wildman–Crippen MR) is 60.0 cm³/mol. The fraction of sp³-hybridized carbons (Fsp3) is 0.364. The predicted octanol–water partition coefficient (Wildman–Crippen LogP) is -0.248. The number of nitrogens with zero attached hydrogens (tertiary/aromatic N) is 2. The zero-order valence-electron chi connectivity index (χ0n) is 9.10. The van der Waals surface area contributed by atoms with E-state index in [4.69, 9.17) is 12.2 Å². The van der Waals surface area contributed by atoms with E-state index in [-0.39, 0.29) is 12.3 Å². The molecule has 1 amide bonds. The summed E-state index contributed by atoms with van der Waals surface area (Å²) in [5.74, 6) is 2.06. The van der Waals surface area contributed by atoms with E-state index < -0.39 is 6.04 Å². The number of hydrogen-bond donors (Lipinski definition) is 2. The van der Waals surface area contributed by atoms with Crippen molar-refractivity contribution in [3.63, 3.8) is 0 Å². The van der Waals surface area contributed by atoms with Crippen LogP contribution in [0.15, 0.2) is 12.4 Å². The van der Waals surface area contributed by atoms with Gasteiger partial charge in [0.1, 0.15) is 0 Å². The van der Waals surface area contributed by atoms with Crippen LogP contribution in [0.25, 0.3) is 0 Å². The molecule has 5 heteroatoms. The molecule has 84 valence electrons. The minimum Gasteiger partial charge on any atom is -0.349 e. The van der Waals surface area contributed by atoms with E-state index in [0.717, 1.165) is 5.69 Å². The summed E-state index contributed by atoms with van der Waals surface area (Å²) in [5, 5.41) is 2.64. The van der Waals surface area contributed by atoms with E-state index in [0.29, 0.717) is 12.2 Å². The number of hydrogen-bond acceptors (Lipinski definition) is 4. The van der Waals surface area contributed by atoms with E-state index in [1.807, 2.05) is 6.92 Å². The third-order valence-electron chi connectivity index (χ3n) is 1.95. The topological polar surface area (TPSA) is 80.9 Å². The average molecular weight is 218 g/mol. The number of rotatable bonds is 4. The van der Waals surface area contributed by atoms with Gasteiger partial charge >= 0.3 is 0 Å². The lowest BCUT2D eigenvalue weighted by molar-refractivity contribution is -0.122. The van der Waals surface area contributed by atoms with Gasteiger partial charge < -0.3 is 11.1 Å². The van der Waals surface area contributed by atoms with Crippen LogP contribution in [0.4, 0.5) is 0 Å². The SMILES string of the molecule is C#CCC(N)C(=O)NCc1cnc(C)cn1. The Labute approximate surface area is 94.5 Å². The summed E-state index contributed by atoms with van der Waals surface area (Å²) in [4.78, 5) is 19.6. The van der Waals surface area contributed by atoms with Gasteiger partial charge in [0.25, 0.3) is 0 Å². The summed E-state index contributed by atoms with van der Waals surface area (Å²) in [6, 6.07) is -0.664. The highest BCUT2D eigenvalue weighted by Gasteiger charge is 2.11. The largest absolute Gasteiger partial charge is 0.349 e. The Balaban J connectivity index is 2.43. The number of aromatic nitrogens is 2. The number of nitrogens with one attached hydrogen (secondary N) is 1. The Morgan fingerprint density at radius 1 is 1.62 bits per heavy atom. The van der Waals surface area contributed by atoms with E-state index in [9.17, 15) is 4.79 Å². The van der Waals surface area contributed by atoms with Gasteiger partial charge in [-0.05, 0) is 6.92 Å². The molecule has 0 spiro atoms. The molecule has 1 atom stereocenters. The maximum atomic E-state index is 11.4. The lowest BCUT2D eigenvalue weighted by atomic mass is 10.2. The standard InChI is InChI=1S/C11H14N4O/c1-3-4-10(12)11(16)15-7-9-6-13-8(2)5-14-9/h1,5-6,10H,4,7,12H2,2H3,(H,15,16). The zero-order chi connectivity index (χ0) is 12.0. The van der Waals surface area contributed by atoms with E-state index in [2.05, 4.69) is 21.2 Å². The first-order valence-corrected chi connectivity index (χ1v) is 4.87. The van der Waals surface area contributed by atoms with Crippen molar-refractivity contribution < 1.29 is 4.79 Å². The molecular weight excluding hydrogens is 204 g/mol. The van der Waals surface area contributed by atoms with Crippen molar-refractivity contribution in [1.82, 2.24) is 15.3 Å². The highest BCUT2D eigenvalue weighted by atomic mass is 16.2. The molecule has 1 rings (SSSR count). The Morgan fingerprint density at radius 3 is 2.94 bits per heavy atom. The number of terminal acetylenes is 1. The third kappa shape index (κ3) is 3.67. The first kappa shape index (κ1) is 12.1. The number of carbonyl (C=O) groups excluding carboxylic acids is 1. The summed E-state index contributed by atoms with van der Waals surface area (Å²) in [6.45, 7) is 2.16. The van der Waals surface area contributed by atoms with Crippen molar-refractivity contribution in [2.24, 2.45) is 5.73 Å². The van der Waals surface area contributed by atoms with Gasteiger partial charge in [0.05, 0.1) is 30.2 Å². The summed E-state index contributed by atoms with van der Waals surface area (Å²) in [5.41, 5.74) is 7.04. The molecule has 0 saturated carbocycles. The first-order valence-electron chi connectivity index (χ1n) is 4.87. The van der Waals surface area contributed by atoms with E-state index in [1.165, 1.54) is 0 Å². The van der Waals surface area contributed by atoms with Gasteiger partial charge in [-0.1, -0.05) is 0 Å².